The van der Waals surface area contributed by atoms with Gasteiger partial charge in [-0.15, -0.1) is 16.4 Å². The van der Waals surface area contributed by atoms with Crippen molar-refractivity contribution in [2.75, 3.05) is 5.32 Å². The van der Waals surface area contributed by atoms with Crippen molar-refractivity contribution < 1.29 is 9.21 Å². The van der Waals surface area contributed by atoms with Crippen molar-refractivity contribution >= 4 is 46.5 Å². The Hall–Kier alpha value is -1.90. The molecule has 3 aromatic rings. The van der Waals surface area contributed by atoms with Crippen LogP contribution in [0.3, 0.4) is 0 Å². The van der Waals surface area contributed by atoms with Crippen molar-refractivity contribution in [3.63, 3.8) is 0 Å². The molecule has 3 heterocycles. The van der Waals surface area contributed by atoms with Crippen LogP contribution in [0.4, 0.5) is 6.01 Å². The first-order valence-electron chi connectivity index (χ1n) is 6.62. The summed E-state index contributed by atoms with van der Waals surface area (Å²) in [5.74, 6) is -0.242. The van der Waals surface area contributed by atoms with Crippen LogP contribution in [0, 0.1) is 6.92 Å². The number of hydrogen-bond donors (Lipinski definition) is 1. The molecule has 1 amide bonds. The summed E-state index contributed by atoms with van der Waals surface area (Å²) in [6.45, 7) is 4.50. The van der Waals surface area contributed by atoms with Gasteiger partial charge in [-0.2, -0.15) is 5.10 Å². The highest BCUT2D eigenvalue weighted by molar-refractivity contribution is 7.20. The van der Waals surface area contributed by atoms with E-state index in [9.17, 15) is 4.79 Å². The van der Waals surface area contributed by atoms with E-state index < -0.39 is 5.91 Å². The van der Waals surface area contributed by atoms with Crippen molar-refractivity contribution in [1.82, 2.24) is 20.0 Å². The number of aromatic nitrogens is 4. The number of thiophene rings is 1. The van der Waals surface area contributed by atoms with Gasteiger partial charge >= 0.3 is 6.01 Å². The highest BCUT2D eigenvalue weighted by Gasteiger charge is 2.18. The number of amides is 1. The molecular formula is C13H11Cl2N5O2S. The number of halogens is 2. The molecule has 0 aliphatic rings. The quantitative estimate of drug-likeness (QED) is 0.751. The largest absolute Gasteiger partial charge is 0.403 e. The molecule has 0 spiro atoms. The summed E-state index contributed by atoms with van der Waals surface area (Å²) in [6, 6.07) is 3.28. The molecule has 0 atom stereocenters. The maximum atomic E-state index is 12.2. The minimum atomic E-state index is -0.426. The highest BCUT2D eigenvalue weighted by atomic mass is 35.5. The summed E-state index contributed by atoms with van der Waals surface area (Å²) < 4.78 is 8.07. The zero-order chi connectivity index (χ0) is 16.6. The fourth-order valence-corrected chi connectivity index (χ4v) is 3.42. The molecule has 10 heteroatoms. The maximum Gasteiger partial charge on any atom is 0.322 e. The summed E-state index contributed by atoms with van der Waals surface area (Å²) in [4.78, 5) is 12.2. The summed E-state index contributed by atoms with van der Waals surface area (Å²) in [7, 11) is 0. The average Bonchev–Trinajstić information content (AvgIpc) is 3.18. The molecule has 3 rings (SSSR count). The predicted molar refractivity (Wildman–Crippen MR) is 88.2 cm³/mol. The first-order chi connectivity index (χ1) is 11.0. The van der Waals surface area contributed by atoms with Crippen LogP contribution in [0.5, 0.6) is 0 Å². The molecule has 0 saturated heterocycles. The normalized spacial score (nSPS) is 11.0. The Bertz CT molecular complexity index is 870. The lowest BCUT2D eigenvalue weighted by atomic mass is 10.3. The Morgan fingerprint density at radius 1 is 1.39 bits per heavy atom. The van der Waals surface area contributed by atoms with Crippen LogP contribution < -0.4 is 5.32 Å². The highest BCUT2D eigenvalue weighted by Crippen LogP contribution is 2.37. The second-order valence-corrected chi connectivity index (χ2v) is 6.88. The van der Waals surface area contributed by atoms with Gasteiger partial charge in [-0.1, -0.05) is 28.3 Å². The van der Waals surface area contributed by atoms with E-state index in [1.807, 2.05) is 13.8 Å². The molecule has 0 aliphatic heterocycles. The molecule has 7 nitrogen and oxygen atoms in total. The zero-order valence-electron chi connectivity index (χ0n) is 12.1. The van der Waals surface area contributed by atoms with Crippen LogP contribution in [0.15, 0.2) is 16.5 Å². The number of nitrogens with zero attached hydrogens (tertiary/aromatic N) is 4. The second kappa shape index (κ2) is 6.31. The van der Waals surface area contributed by atoms with E-state index in [-0.39, 0.29) is 17.6 Å². The molecule has 0 saturated carbocycles. The lowest BCUT2D eigenvalue weighted by Gasteiger charge is -1.97. The number of nitrogens with one attached hydrogen (secondary N) is 1. The van der Waals surface area contributed by atoms with Crippen molar-refractivity contribution in [1.29, 1.82) is 0 Å². The van der Waals surface area contributed by atoms with Gasteiger partial charge in [-0.25, -0.2) is 0 Å². The van der Waals surface area contributed by atoms with Gasteiger partial charge in [-0.3, -0.25) is 14.8 Å². The van der Waals surface area contributed by atoms with E-state index in [0.29, 0.717) is 20.8 Å². The summed E-state index contributed by atoms with van der Waals surface area (Å²) in [5, 5.41) is 14.3. The fraction of sp³-hybridized carbons (Fsp3) is 0.231. The van der Waals surface area contributed by atoms with Crippen LogP contribution in [-0.2, 0) is 6.54 Å². The van der Waals surface area contributed by atoms with Crippen molar-refractivity contribution in [2.24, 2.45) is 0 Å². The molecule has 120 valence electrons. The Labute approximate surface area is 145 Å². The smallest absolute Gasteiger partial charge is 0.322 e. The van der Waals surface area contributed by atoms with Crippen LogP contribution in [0.25, 0.3) is 11.5 Å². The van der Waals surface area contributed by atoms with Crippen molar-refractivity contribution in [3.05, 3.63) is 32.2 Å². The Morgan fingerprint density at radius 3 is 2.78 bits per heavy atom. The molecule has 3 aromatic heterocycles. The van der Waals surface area contributed by atoms with Gasteiger partial charge in [0, 0.05) is 12.2 Å². The van der Waals surface area contributed by atoms with E-state index in [1.165, 1.54) is 11.3 Å². The standard InChI is InChI=1S/C13H11Cl2N5O2S/c1-3-20-6(2)4-8(19-20)11(21)16-13-18-17-12(22-13)7-5-9(14)23-10(7)15/h4-5H,3H2,1-2H3,(H,16,18,21). The minimum absolute atomic E-state index is 0.0351. The fourth-order valence-electron chi connectivity index (χ4n) is 1.97. The molecule has 0 bridgehead atoms. The third-order valence-electron chi connectivity index (χ3n) is 3.05. The van der Waals surface area contributed by atoms with Crippen LogP contribution in [0.1, 0.15) is 23.1 Å². The first kappa shape index (κ1) is 16.0. The number of rotatable bonds is 4. The second-order valence-electron chi connectivity index (χ2n) is 4.59. The Kier molecular flexibility index (Phi) is 4.38. The zero-order valence-corrected chi connectivity index (χ0v) is 14.5. The van der Waals surface area contributed by atoms with E-state index >= 15 is 0 Å². The molecular weight excluding hydrogens is 361 g/mol. The van der Waals surface area contributed by atoms with Crippen LogP contribution >= 0.6 is 34.5 Å². The molecule has 1 N–H and O–H groups in total. The average molecular weight is 372 g/mol. The lowest BCUT2D eigenvalue weighted by molar-refractivity contribution is 0.101. The van der Waals surface area contributed by atoms with Gasteiger partial charge in [0.1, 0.15) is 4.34 Å². The monoisotopic (exact) mass is 371 g/mol. The van der Waals surface area contributed by atoms with Crippen LogP contribution in [-0.4, -0.2) is 25.9 Å². The molecule has 0 fully saturated rings. The van der Waals surface area contributed by atoms with Gasteiger partial charge in [-0.05, 0) is 26.0 Å². The van der Waals surface area contributed by atoms with Gasteiger partial charge in [0.15, 0.2) is 5.69 Å². The lowest BCUT2D eigenvalue weighted by Crippen LogP contribution is -2.13. The van der Waals surface area contributed by atoms with Gasteiger partial charge in [0.25, 0.3) is 11.8 Å². The van der Waals surface area contributed by atoms with E-state index in [1.54, 1.807) is 16.8 Å². The Balaban J connectivity index is 1.78. The predicted octanol–water partition coefficient (Wildman–Crippen LogP) is 3.88. The van der Waals surface area contributed by atoms with E-state index in [4.69, 9.17) is 27.6 Å². The van der Waals surface area contributed by atoms with Crippen molar-refractivity contribution in [2.45, 2.75) is 20.4 Å². The maximum absolute atomic E-state index is 12.2. The molecule has 0 unspecified atom stereocenters. The van der Waals surface area contributed by atoms with E-state index in [2.05, 4.69) is 20.6 Å². The summed E-state index contributed by atoms with van der Waals surface area (Å²) in [5.41, 5.74) is 1.70. The Morgan fingerprint density at radius 2 is 2.17 bits per heavy atom. The third kappa shape index (κ3) is 3.24. The van der Waals surface area contributed by atoms with Gasteiger partial charge < -0.3 is 4.42 Å². The minimum Gasteiger partial charge on any atom is -0.403 e. The van der Waals surface area contributed by atoms with E-state index in [0.717, 1.165) is 5.69 Å². The van der Waals surface area contributed by atoms with Crippen LogP contribution in [0.2, 0.25) is 8.67 Å². The number of carbonyl (C=O) groups is 1. The number of carbonyl (C=O) groups excluding carboxylic acids is 1. The molecule has 0 aliphatic carbocycles. The number of aryl methyl sites for hydroxylation is 2. The topological polar surface area (TPSA) is 85.8 Å². The molecule has 0 aromatic carbocycles. The third-order valence-corrected chi connectivity index (χ3v) is 4.53. The van der Waals surface area contributed by atoms with Gasteiger partial charge in [0.2, 0.25) is 0 Å². The number of anilines is 1. The summed E-state index contributed by atoms with van der Waals surface area (Å²) >= 11 is 13.1. The SMILES string of the molecule is CCn1nc(C(=O)Nc2nnc(-c3cc(Cl)sc3Cl)o2)cc1C. The molecule has 23 heavy (non-hydrogen) atoms. The molecule has 0 radical (unpaired) electrons. The summed E-state index contributed by atoms with van der Waals surface area (Å²) in [6.07, 6.45) is 0. The van der Waals surface area contributed by atoms with Gasteiger partial charge in [0.05, 0.1) is 9.90 Å². The number of hydrogen-bond acceptors (Lipinski definition) is 6. The van der Waals surface area contributed by atoms with Crippen molar-refractivity contribution in [3.8, 4) is 11.5 Å². The first-order valence-corrected chi connectivity index (χ1v) is 8.19.